The molecule has 0 aliphatic heterocycles. The standard InChI is InChI=1S/C63H88N14O11/c1-34(2)26-50(59(85)72-48(17-11-25-69-63(67)68)54(81)30-44(36(4)79)55(38-20-21-38)56(82)45(66)28-39-31-70-46-14-7-5-12-42(39)46)75-58(84)49(16-9-10-24-64)73-60(86)51(27-37-18-22-41(80)23-19-37)76-62(88)53(33-78)77-61(87)52(74-57(83)35(3)65)29-40-32-71-47-15-8-6-13-43(40)47/h5-8,12-15,18-19,22-23,31-32,34-35,38,44-45,48-53,55,70-71,78,80H,9-11,16-17,20-21,24-30,33,64-66H2,1-4H3,(H,72,85)(H,73,86)(H,74,83)(H,75,84)(H,76,88)(H,77,87)(H4,67,68,69)/t35-,44?,45+,48-,49+,50-,51-,52+,53-,55?/m0/s1. The summed E-state index contributed by atoms with van der Waals surface area (Å²) in [5.74, 6) is -8.74. The summed E-state index contributed by atoms with van der Waals surface area (Å²) < 4.78 is 0. The molecule has 476 valence electrons. The van der Waals surface area contributed by atoms with E-state index in [1.165, 1.54) is 38.1 Å². The first-order valence-corrected chi connectivity index (χ1v) is 30.1. The van der Waals surface area contributed by atoms with Gasteiger partial charge in [-0.25, -0.2) is 0 Å². The van der Waals surface area contributed by atoms with Crippen LogP contribution in [0.3, 0.4) is 0 Å². The van der Waals surface area contributed by atoms with Crippen molar-refractivity contribution in [1.82, 2.24) is 41.9 Å². The summed E-state index contributed by atoms with van der Waals surface area (Å²) in [7, 11) is 0. The molecule has 0 radical (unpaired) electrons. The number of Topliss-reactive ketones (excluding diaryl/α,β-unsaturated/α-hetero) is 3. The number of aliphatic hydroxyl groups is 1. The number of guanidine groups is 1. The summed E-state index contributed by atoms with van der Waals surface area (Å²) in [4.78, 5) is 138. The van der Waals surface area contributed by atoms with Gasteiger partial charge in [-0.2, -0.15) is 0 Å². The van der Waals surface area contributed by atoms with Crippen LogP contribution in [0.4, 0.5) is 0 Å². The summed E-state index contributed by atoms with van der Waals surface area (Å²) in [6, 6.07) is 10.4. The molecule has 20 N–H and O–H groups in total. The molecule has 0 spiro atoms. The minimum absolute atomic E-state index is 0.00952. The number of phenolic OH excluding ortho intramolecular Hbond substituents is 1. The molecule has 25 nitrogen and oxygen atoms in total. The molecule has 1 fully saturated rings. The molecule has 10 atom stereocenters. The molecular formula is C63H88N14O11. The number of nitrogens with zero attached hydrogens (tertiary/aromatic N) is 1. The van der Waals surface area contributed by atoms with Crippen LogP contribution in [-0.2, 0) is 62.4 Å². The number of rotatable bonds is 37. The largest absolute Gasteiger partial charge is 0.508 e. The maximum absolute atomic E-state index is 14.7. The van der Waals surface area contributed by atoms with E-state index in [1.54, 1.807) is 12.4 Å². The van der Waals surface area contributed by atoms with Gasteiger partial charge in [-0.15, -0.1) is 0 Å². The van der Waals surface area contributed by atoms with Crippen molar-refractivity contribution in [3.05, 3.63) is 102 Å². The van der Waals surface area contributed by atoms with Gasteiger partial charge in [0.15, 0.2) is 17.5 Å². The third-order valence-corrected chi connectivity index (χ3v) is 15.9. The number of aromatic amines is 2. The molecule has 6 amide bonds. The van der Waals surface area contributed by atoms with Crippen molar-refractivity contribution >= 4 is 80.6 Å². The van der Waals surface area contributed by atoms with Crippen LogP contribution >= 0.6 is 0 Å². The molecule has 2 unspecified atom stereocenters. The Labute approximate surface area is 511 Å². The number of phenols is 1. The number of unbranched alkanes of at least 4 members (excludes halogenated alkanes) is 1. The maximum atomic E-state index is 14.7. The number of nitrogens with one attached hydrogen (secondary N) is 8. The highest BCUT2D eigenvalue weighted by molar-refractivity contribution is 6.00. The number of benzene rings is 3. The van der Waals surface area contributed by atoms with E-state index in [4.69, 9.17) is 28.7 Å². The summed E-state index contributed by atoms with van der Waals surface area (Å²) >= 11 is 0. The lowest BCUT2D eigenvalue weighted by atomic mass is 9.76. The van der Waals surface area contributed by atoms with Crippen molar-refractivity contribution in [2.24, 2.45) is 57.3 Å². The lowest BCUT2D eigenvalue weighted by Gasteiger charge is -2.29. The van der Waals surface area contributed by atoms with Crippen LogP contribution in [0.2, 0.25) is 0 Å². The fraction of sp³-hybridized carbons (Fsp3) is 0.492. The van der Waals surface area contributed by atoms with Gasteiger partial charge in [0.05, 0.1) is 24.7 Å². The van der Waals surface area contributed by atoms with Crippen LogP contribution in [0.25, 0.3) is 21.8 Å². The smallest absolute Gasteiger partial charge is 0.245 e. The lowest BCUT2D eigenvalue weighted by molar-refractivity contribution is -0.137. The minimum Gasteiger partial charge on any atom is -0.508 e. The van der Waals surface area contributed by atoms with Crippen molar-refractivity contribution in [2.45, 2.75) is 153 Å². The van der Waals surface area contributed by atoms with E-state index in [0.717, 1.165) is 27.4 Å². The highest BCUT2D eigenvalue weighted by Gasteiger charge is 2.46. The average Bonchev–Trinajstić information content (AvgIpc) is 3.15. The summed E-state index contributed by atoms with van der Waals surface area (Å²) in [6.45, 7) is 5.79. The molecule has 1 saturated carbocycles. The van der Waals surface area contributed by atoms with Crippen LogP contribution in [0.5, 0.6) is 5.75 Å². The molecule has 6 rings (SSSR count). The van der Waals surface area contributed by atoms with Gasteiger partial charge < -0.3 is 80.8 Å². The second-order valence-corrected chi connectivity index (χ2v) is 23.5. The van der Waals surface area contributed by atoms with E-state index in [1.807, 2.05) is 62.4 Å². The lowest BCUT2D eigenvalue weighted by Crippen LogP contribution is -2.61. The molecule has 2 aromatic heterocycles. The molecule has 25 heteroatoms. The van der Waals surface area contributed by atoms with E-state index in [0.29, 0.717) is 36.8 Å². The fourth-order valence-electron chi connectivity index (χ4n) is 10.9. The predicted molar refractivity (Wildman–Crippen MR) is 333 cm³/mol. The van der Waals surface area contributed by atoms with E-state index in [-0.39, 0.29) is 93.1 Å². The Kier molecular flexibility index (Phi) is 25.7. The van der Waals surface area contributed by atoms with Crippen molar-refractivity contribution in [2.75, 3.05) is 19.7 Å². The van der Waals surface area contributed by atoms with Crippen molar-refractivity contribution in [3.8, 4) is 5.75 Å². The van der Waals surface area contributed by atoms with E-state index in [9.17, 15) is 53.4 Å². The Balaban J connectivity index is 1.21. The number of amides is 6. The zero-order chi connectivity index (χ0) is 64.2. The van der Waals surface area contributed by atoms with Crippen molar-refractivity contribution < 1.29 is 53.4 Å². The average molecular weight is 1220 g/mol. The second-order valence-electron chi connectivity index (χ2n) is 23.5. The Hall–Kier alpha value is -8.52. The third-order valence-electron chi connectivity index (χ3n) is 15.9. The van der Waals surface area contributed by atoms with Crippen LogP contribution in [0.15, 0.2) is 90.2 Å². The number of carbonyl (C=O) groups is 9. The summed E-state index contributed by atoms with van der Waals surface area (Å²) in [5, 5.41) is 38.4. The van der Waals surface area contributed by atoms with Gasteiger partial charge in [0.1, 0.15) is 41.7 Å². The number of aliphatic hydroxyl groups excluding tert-OH is 1. The van der Waals surface area contributed by atoms with Gasteiger partial charge >= 0.3 is 0 Å². The molecule has 2 heterocycles. The second kappa shape index (κ2) is 33.0. The Morgan fingerprint density at radius 1 is 0.614 bits per heavy atom. The zero-order valence-corrected chi connectivity index (χ0v) is 50.5. The fourth-order valence-corrected chi connectivity index (χ4v) is 10.9. The van der Waals surface area contributed by atoms with Gasteiger partial charge in [0.2, 0.25) is 35.4 Å². The Morgan fingerprint density at radius 2 is 1.11 bits per heavy atom. The summed E-state index contributed by atoms with van der Waals surface area (Å²) in [5.41, 5.74) is 33.2. The van der Waals surface area contributed by atoms with Gasteiger partial charge in [-0.05, 0) is 131 Å². The van der Waals surface area contributed by atoms with E-state index in [2.05, 4.69) is 46.9 Å². The van der Waals surface area contributed by atoms with Crippen LogP contribution in [0.1, 0.15) is 102 Å². The number of aromatic nitrogens is 2. The third kappa shape index (κ3) is 20.0. The zero-order valence-electron chi connectivity index (χ0n) is 50.5. The van der Waals surface area contributed by atoms with E-state index >= 15 is 0 Å². The number of aliphatic imine (C=N–C) groups is 1. The van der Waals surface area contributed by atoms with E-state index < -0.39 is 114 Å². The van der Waals surface area contributed by atoms with Gasteiger partial charge in [0.25, 0.3) is 0 Å². The normalized spacial score (nSPS) is 15.7. The predicted octanol–water partition coefficient (Wildman–Crippen LogP) is 0.947. The molecule has 0 saturated heterocycles. The first-order valence-electron chi connectivity index (χ1n) is 30.1. The molecule has 0 bridgehead atoms. The number of nitrogens with two attached hydrogens (primary N) is 5. The minimum atomic E-state index is -1.67. The number of H-pyrrole nitrogens is 2. The monoisotopic (exact) mass is 1220 g/mol. The highest BCUT2D eigenvalue weighted by atomic mass is 16.3. The van der Waals surface area contributed by atoms with Crippen molar-refractivity contribution in [1.29, 1.82) is 0 Å². The number of hydrogen-bond donors (Lipinski definition) is 15. The quantitative estimate of drug-likeness (QED) is 0.0150. The highest BCUT2D eigenvalue weighted by Crippen LogP contribution is 2.43. The Morgan fingerprint density at radius 3 is 1.67 bits per heavy atom. The number of aromatic hydroxyl groups is 1. The van der Waals surface area contributed by atoms with Crippen LogP contribution in [-0.4, -0.2) is 147 Å². The first-order chi connectivity index (χ1) is 42.0. The molecule has 3 aromatic carbocycles. The Bertz CT molecular complexity index is 3240. The number of para-hydroxylation sites is 2. The maximum Gasteiger partial charge on any atom is 0.245 e. The molecule has 88 heavy (non-hydrogen) atoms. The first kappa shape index (κ1) is 68.6. The molecule has 5 aromatic rings. The van der Waals surface area contributed by atoms with Crippen molar-refractivity contribution in [3.63, 3.8) is 0 Å². The number of carbonyl (C=O) groups excluding carboxylic acids is 9. The number of fused-ring (bicyclic) bond motifs is 2. The molecular weight excluding hydrogens is 1130 g/mol. The molecule has 1 aliphatic carbocycles. The van der Waals surface area contributed by atoms with Gasteiger partial charge in [-0.1, -0.05) is 62.4 Å². The number of hydrogen-bond acceptors (Lipinski definition) is 15. The summed E-state index contributed by atoms with van der Waals surface area (Å²) in [6.07, 6.45) is 5.43. The van der Waals surface area contributed by atoms with Crippen LogP contribution < -0.4 is 60.6 Å². The number of ketones is 3. The van der Waals surface area contributed by atoms with Gasteiger partial charge in [0, 0.05) is 71.8 Å². The molecule has 1 aliphatic rings. The van der Waals surface area contributed by atoms with Gasteiger partial charge in [-0.3, -0.25) is 48.1 Å². The van der Waals surface area contributed by atoms with Crippen LogP contribution in [0, 0.1) is 23.7 Å². The topological polar surface area (TPSA) is 440 Å². The SMILES string of the molecule is CC(=O)C(CC(=O)[C@H](CCCN=C(N)N)NC(=O)[C@H](CC(C)C)NC(=O)[C@@H](CCCCN)NC(=O)[C@H](Cc1ccc(O)cc1)NC(=O)[C@H](CO)NC(=O)[C@@H](Cc1c[nH]c2ccccc12)NC(=O)[C@H](C)N)C(C(=O)[C@H](N)Cc1c[nH]c2ccccc12)C1CC1.